The van der Waals surface area contributed by atoms with Crippen LogP contribution in [0.25, 0.3) is 55.0 Å². The highest BCUT2D eigenvalue weighted by Gasteiger charge is 2.27. The zero-order valence-corrected chi connectivity index (χ0v) is 13.0. The summed E-state index contributed by atoms with van der Waals surface area (Å²) in [6.07, 6.45) is 0. The fraction of sp³-hybridized carbons (Fsp3) is 0. The standard InChI is InChI=1S/C20H11BO4/c22-21(23)12-7-4-11-6-8-14-19-17(11)20(12)25-15-9-5-10-2-1-3-13(24-14)16(10)18(15)19/h1-9,22-23H. The Bertz CT molecular complexity index is 1370. The van der Waals surface area contributed by atoms with E-state index in [0.29, 0.717) is 16.6 Å². The molecule has 0 aromatic heterocycles. The summed E-state index contributed by atoms with van der Waals surface area (Å²) in [6, 6.07) is 17.4. The summed E-state index contributed by atoms with van der Waals surface area (Å²) in [6.45, 7) is 0. The number of hydrogen-bond acceptors (Lipinski definition) is 4. The summed E-state index contributed by atoms with van der Waals surface area (Å²) in [5.74, 6) is 0. The molecule has 0 saturated carbocycles. The first-order valence-electron chi connectivity index (χ1n) is 8.10. The SMILES string of the molecule is OB(O)c1ccc2ccc3oc4cccc5ccc6oc1c2c3-c6c54. The van der Waals surface area contributed by atoms with Crippen molar-refractivity contribution in [3.05, 3.63) is 54.6 Å². The minimum absolute atomic E-state index is 0.352. The fourth-order valence-electron chi connectivity index (χ4n) is 4.00. The van der Waals surface area contributed by atoms with Gasteiger partial charge in [-0.15, -0.1) is 0 Å². The van der Waals surface area contributed by atoms with Crippen LogP contribution in [0.1, 0.15) is 0 Å². The molecule has 25 heavy (non-hydrogen) atoms. The molecule has 0 aliphatic carbocycles. The second kappa shape index (κ2) is 4.33. The molecule has 0 spiro atoms. The van der Waals surface area contributed by atoms with Crippen LogP contribution in [-0.2, 0) is 0 Å². The van der Waals surface area contributed by atoms with Crippen LogP contribution in [0.5, 0.6) is 0 Å². The molecule has 6 rings (SSSR count). The van der Waals surface area contributed by atoms with Crippen LogP contribution in [0.2, 0.25) is 0 Å². The van der Waals surface area contributed by atoms with E-state index < -0.39 is 7.12 Å². The molecule has 4 aromatic carbocycles. The van der Waals surface area contributed by atoms with Crippen molar-refractivity contribution < 1.29 is 18.9 Å². The van der Waals surface area contributed by atoms with Crippen molar-refractivity contribution in [1.82, 2.24) is 0 Å². The summed E-state index contributed by atoms with van der Waals surface area (Å²) < 4.78 is 12.3. The van der Waals surface area contributed by atoms with Crippen LogP contribution in [-0.4, -0.2) is 17.2 Å². The maximum absolute atomic E-state index is 9.76. The molecule has 0 bridgehead atoms. The normalized spacial score (nSPS) is 12.4. The van der Waals surface area contributed by atoms with E-state index in [-0.39, 0.29) is 0 Å². The van der Waals surface area contributed by atoms with E-state index in [1.807, 2.05) is 42.5 Å². The monoisotopic (exact) mass is 326 g/mol. The van der Waals surface area contributed by atoms with Gasteiger partial charge >= 0.3 is 7.12 Å². The van der Waals surface area contributed by atoms with Crippen molar-refractivity contribution in [1.29, 1.82) is 0 Å². The second-order valence-corrected chi connectivity index (χ2v) is 6.39. The Morgan fingerprint density at radius 2 is 1.32 bits per heavy atom. The molecule has 2 heterocycles. The van der Waals surface area contributed by atoms with E-state index in [2.05, 4.69) is 6.07 Å². The van der Waals surface area contributed by atoms with Crippen LogP contribution in [0.15, 0.2) is 63.4 Å². The van der Waals surface area contributed by atoms with E-state index in [1.165, 1.54) is 0 Å². The topological polar surface area (TPSA) is 66.7 Å². The number of rotatable bonds is 1. The van der Waals surface area contributed by atoms with Crippen molar-refractivity contribution >= 4 is 56.5 Å². The third-order valence-electron chi connectivity index (χ3n) is 5.06. The predicted molar refractivity (Wildman–Crippen MR) is 98.6 cm³/mol. The Labute approximate surface area is 141 Å². The van der Waals surface area contributed by atoms with Crippen LogP contribution in [0.3, 0.4) is 0 Å². The summed E-state index contributed by atoms with van der Waals surface area (Å²) in [4.78, 5) is 0. The van der Waals surface area contributed by atoms with Crippen LogP contribution < -0.4 is 5.46 Å². The van der Waals surface area contributed by atoms with Crippen molar-refractivity contribution in [2.75, 3.05) is 0 Å². The first-order valence-corrected chi connectivity index (χ1v) is 8.10. The molecule has 0 fully saturated rings. The van der Waals surface area contributed by atoms with Crippen LogP contribution in [0, 0.1) is 0 Å². The lowest BCUT2D eigenvalue weighted by molar-refractivity contribution is 0.425. The van der Waals surface area contributed by atoms with Gasteiger partial charge in [-0.05, 0) is 29.0 Å². The van der Waals surface area contributed by atoms with Gasteiger partial charge in [0.25, 0.3) is 0 Å². The maximum atomic E-state index is 9.76. The van der Waals surface area contributed by atoms with Gasteiger partial charge in [0.05, 0.1) is 0 Å². The lowest BCUT2D eigenvalue weighted by Crippen LogP contribution is -2.30. The molecular formula is C20H11BO4. The van der Waals surface area contributed by atoms with E-state index in [0.717, 1.165) is 43.8 Å². The summed E-state index contributed by atoms with van der Waals surface area (Å²) >= 11 is 0. The average Bonchev–Trinajstić information content (AvgIpc) is 2.63. The highest BCUT2D eigenvalue weighted by molar-refractivity contribution is 6.62. The first kappa shape index (κ1) is 13.3. The van der Waals surface area contributed by atoms with Crippen molar-refractivity contribution in [3.63, 3.8) is 0 Å². The Morgan fingerprint density at radius 1 is 0.640 bits per heavy atom. The first-order chi connectivity index (χ1) is 12.2. The summed E-state index contributed by atoms with van der Waals surface area (Å²) in [7, 11) is -1.60. The van der Waals surface area contributed by atoms with Gasteiger partial charge in [-0.3, -0.25) is 0 Å². The summed E-state index contributed by atoms with van der Waals surface area (Å²) in [5.41, 5.74) is 5.08. The molecule has 2 N–H and O–H groups in total. The minimum atomic E-state index is -1.60. The summed E-state index contributed by atoms with van der Waals surface area (Å²) in [5, 5.41) is 23.5. The number of hydrogen-bond donors (Lipinski definition) is 2. The molecule has 0 amide bonds. The van der Waals surface area contributed by atoms with Gasteiger partial charge in [0.1, 0.15) is 22.3 Å². The Balaban J connectivity index is 2.01. The van der Waals surface area contributed by atoms with Gasteiger partial charge in [0.15, 0.2) is 0 Å². The van der Waals surface area contributed by atoms with Gasteiger partial charge in [-0.2, -0.15) is 0 Å². The zero-order chi connectivity index (χ0) is 16.7. The molecule has 0 saturated heterocycles. The van der Waals surface area contributed by atoms with E-state index in [9.17, 15) is 10.0 Å². The molecule has 5 heteroatoms. The van der Waals surface area contributed by atoms with Gasteiger partial charge in [0.2, 0.25) is 0 Å². The van der Waals surface area contributed by atoms with Crippen molar-refractivity contribution in [3.8, 4) is 11.1 Å². The largest absolute Gasteiger partial charge is 0.492 e. The third kappa shape index (κ3) is 1.54. The Kier molecular flexibility index (Phi) is 2.30. The molecule has 4 aromatic rings. The molecule has 0 radical (unpaired) electrons. The predicted octanol–water partition coefficient (Wildman–Crippen LogP) is 3.71. The lowest BCUT2D eigenvalue weighted by Gasteiger charge is -2.20. The van der Waals surface area contributed by atoms with Gasteiger partial charge in [-0.25, -0.2) is 0 Å². The maximum Gasteiger partial charge on any atom is 0.492 e. The van der Waals surface area contributed by atoms with Crippen LogP contribution in [0.4, 0.5) is 0 Å². The third-order valence-corrected chi connectivity index (χ3v) is 5.06. The Morgan fingerprint density at radius 3 is 2.12 bits per heavy atom. The highest BCUT2D eigenvalue weighted by atomic mass is 16.4. The van der Waals surface area contributed by atoms with Gasteiger partial charge in [0, 0.05) is 27.4 Å². The zero-order valence-electron chi connectivity index (χ0n) is 13.0. The van der Waals surface area contributed by atoms with E-state index >= 15 is 0 Å². The molecule has 2 aliphatic heterocycles. The number of benzene rings is 4. The second-order valence-electron chi connectivity index (χ2n) is 6.39. The van der Waals surface area contributed by atoms with Crippen molar-refractivity contribution in [2.24, 2.45) is 0 Å². The van der Waals surface area contributed by atoms with Crippen LogP contribution >= 0.6 is 0 Å². The lowest BCUT2D eigenvalue weighted by atomic mass is 9.77. The molecule has 2 aliphatic rings. The van der Waals surface area contributed by atoms with E-state index in [1.54, 1.807) is 6.07 Å². The van der Waals surface area contributed by atoms with Gasteiger partial charge < -0.3 is 18.9 Å². The fourth-order valence-corrected chi connectivity index (χ4v) is 4.00. The molecule has 118 valence electrons. The van der Waals surface area contributed by atoms with Gasteiger partial charge in [-0.1, -0.05) is 36.4 Å². The smallest absolute Gasteiger partial charge is 0.456 e. The molecule has 0 atom stereocenters. The van der Waals surface area contributed by atoms with Crippen molar-refractivity contribution in [2.45, 2.75) is 0 Å². The molecular weight excluding hydrogens is 315 g/mol. The molecule has 4 nitrogen and oxygen atoms in total. The highest BCUT2D eigenvalue weighted by Crippen LogP contribution is 2.47. The minimum Gasteiger partial charge on any atom is -0.456 e. The van der Waals surface area contributed by atoms with E-state index in [4.69, 9.17) is 8.83 Å². The average molecular weight is 326 g/mol. The Hall–Kier alpha value is -3.02. The quantitative estimate of drug-likeness (QED) is 0.275. The molecule has 0 unspecified atom stereocenters.